The summed E-state index contributed by atoms with van der Waals surface area (Å²) in [6, 6.07) is 0. The molecule has 454 valence electrons. The first-order valence-electron chi connectivity index (χ1n) is 18.0. The van der Waals surface area contributed by atoms with Crippen molar-refractivity contribution in [1.82, 2.24) is 18.3 Å². The average Bonchev–Trinajstić information content (AvgIpc) is 3.54. The maximum absolute atomic E-state index is 13.7. The van der Waals surface area contributed by atoms with Gasteiger partial charge in [0, 0.05) is 51.9 Å². The third-order valence-corrected chi connectivity index (χ3v) is 12.5. The van der Waals surface area contributed by atoms with E-state index in [4.69, 9.17) is 0 Å². The molecular weight excluding hydrogens is 1490 g/mol. The summed E-state index contributed by atoms with van der Waals surface area (Å²) < 4.78 is 464. The molecule has 0 radical (unpaired) electrons. The van der Waals surface area contributed by atoms with Crippen molar-refractivity contribution in [2.24, 2.45) is 0 Å². The van der Waals surface area contributed by atoms with Gasteiger partial charge in [0.15, 0.2) is 9.54 Å². The Morgan fingerprint density at radius 1 is 0.247 bits per heavy atom. The Labute approximate surface area is 448 Å². The third-order valence-electron chi connectivity index (χ3n) is 9.71. The monoisotopic (exact) mass is 1500 g/mol. The van der Waals surface area contributed by atoms with E-state index >= 15 is 0 Å². The second-order valence-corrected chi connectivity index (χ2v) is 17.1. The quantitative estimate of drug-likeness (QED) is 0.0742. The van der Waals surface area contributed by atoms with E-state index in [0.717, 1.165) is 0 Å². The summed E-state index contributed by atoms with van der Waals surface area (Å²) in [6.07, 6.45) is -38.8. The van der Waals surface area contributed by atoms with Gasteiger partial charge in [0.1, 0.15) is 0 Å². The summed E-state index contributed by atoms with van der Waals surface area (Å²) in [4.78, 5) is 0. The molecule has 47 heteroatoms. The molecule has 2 aromatic heterocycles. The zero-order valence-corrected chi connectivity index (χ0v) is 42.0. The number of nitrogens with zero attached hydrogens (tertiary/aromatic N) is 4. The van der Waals surface area contributed by atoms with Crippen LogP contribution < -0.4 is 0 Å². The van der Waals surface area contributed by atoms with Gasteiger partial charge in [0.05, 0.1) is 0 Å². The van der Waals surface area contributed by atoms with Crippen molar-refractivity contribution in [2.75, 3.05) is 0 Å². The maximum atomic E-state index is 13.7. The first-order valence-corrected chi connectivity index (χ1v) is 20.4. The van der Waals surface area contributed by atoms with E-state index in [1.54, 1.807) is 0 Å². The Morgan fingerprint density at radius 2 is 0.364 bits per heavy atom. The topological polar surface area (TPSA) is 19.7 Å². The molecule has 4 nitrogen and oxygen atoms in total. The van der Waals surface area contributed by atoms with Crippen molar-refractivity contribution >= 4 is 75.0 Å². The van der Waals surface area contributed by atoms with Gasteiger partial charge in [0.25, 0.3) is 0 Å². The van der Waals surface area contributed by atoms with Crippen molar-refractivity contribution in [2.45, 2.75) is 168 Å². The van der Waals surface area contributed by atoms with Crippen LogP contribution in [0, 0.1) is 9.54 Å². The third kappa shape index (κ3) is 13.2. The zero-order valence-electron chi connectivity index (χ0n) is 34.8. The molecule has 0 amide bonds. The van der Waals surface area contributed by atoms with Crippen LogP contribution in [0.2, 0.25) is 0 Å². The van der Waals surface area contributed by atoms with Crippen LogP contribution in [-0.2, 0) is 97.8 Å². The van der Waals surface area contributed by atoms with Gasteiger partial charge in [-0.15, -0.1) is 20.1 Å². The predicted octanol–water partition coefficient (Wildman–Crippen LogP) is 15.1. The van der Waals surface area contributed by atoms with Gasteiger partial charge in [-0.1, -0.05) is 0 Å². The molecule has 0 fully saturated rings. The van der Waals surface area contributed by atoms with Crippen LogP contribution in [0.15, 0.2) is 20.1 Å². The van der Waals surface area contributed by atoms with E-state index in [0.29, 0.717) is 0 Å². The van der Waals surface area contributed by atoms with Gasteiger partial charge in [0.2, 0.25) is 0 Å². The van der Waals surface area contributed by atoms with Crippen LogP contribution in [0.5, 0.6) is 0 Å². The fourth-order valence-corrected chi connectivity index (χ4v) is 7.27. The summed E-state index contributed by atoms with van der Waals surface area (Å²) in [5, 5.41) is -4.10. The first kappa shape index (κ1) is 74.9. The molecule has 0 atom stereocenters. The first-order chi connectivity index (χ1) is 32.8. The van der Waals surface area contributed by atoms with Crippen molar-refractivity contribution in [3.63, 3.8) is 0 Å². The summed E-state index contributed by atoms with van der Waals surface area (Å²) in [7, 11) is 0. The Balaban J connectivity index is 0.00000148. The molecule has 2 heterocycles. The van der Waals surface area contributed by atoms with E-state index in [1.165, 1.54) is 0 Å². The van der Waals surface area contributed by atoms with E-state index in [-0.39, 0.29) is 39.3 Å². The molecule has 0 N–H and O–H groups in total. The molecule has 2 rings (SSSR count). The molecule has 2 aromatic rings. The molecule has 77 heavy (non-hydrogen) atoms. The Morgan fingerprint density at radius 3 is 0.468 bits per heavy atom. The molecule has 0 aromatic carbocycles. The predicted molar refractivity (Wildman–Crippen MR) is 191 cm³/mol. The average molecular weight is 1500 g/mol. The standard InChI is InChI=1S/2C15H10F18N2S3.Pt/c2*16-8(17,10(20,21)12(24,25)14(28,29)30)1-3-34-5(36)6(37)35(7(34)38)4-2-9(18,19)11(22,23)13(26,27)15(31,32)33;/h2*36-37H,1-4H2;/q;;+4/p-4. The minimum atomic E-state index is -7.24. The maximum Gasteiger partial charge on any atom is 4.00 e. The van der Waals surface area contributed by atoms with Gasteiger partial charge in [-0.3, -0.25) is 0 Å². The van der Waals surface area contributed by atoms with Crippen molar-refractivity contribution in [3.8, 4) is 0 Å². The fraction of sp³-hybridized carbons (Fsp3) is 0.800. The van der Waals surface area contributed by atoms with Crippen LogP contribution in [0.4, 0.5) is 158 Å². The summed E-state index contributed by atoms with van der Waals surface area (Å²) >= 11 is 27.0. The molecule has 0 aliphatic rings. The Kier molecular flexibility index (Phi) is 22.0. The minimum Gasteiger partial charge on any atom is -0.762 e. The normalized spacial score (nSPS) is 15.1. The summed E-state index contributed by atoms with van der Waals surface area (Å²) in [5.41, 5.74) is 0. The van der Waals surface area contributed by atoms with Crippen molar-refractivity contribution < 1.29 is 179 Å². The molecule has 0 bridgehead atoms. The number of aromatic nitrogens is 4. The number of hydrogen-bond acceptors (Lipinski definition) is 6. The van der Waals surface area contributed by atoms with Gasteiger partial charge in [-0.2, -0.15) is 158 Å². The van der Waals surface area contributed by atoms with E-state index in [1.807, 2.05) is 0 Å². The van der Waals surface area contributed by atoms with Gasteiger partial charge < -0.3 is 68.8 Å². The largest absolute Gasteiger partial charge is 4.00 e. The number of imidazole rings is 2. The summed E-state index contributed by atoms with van der Waals surface area (Å²) in [5.74, 6) is -81.7. The number of alkyl halides is 36. The van der Waals surface area contributed by atoms with E-state index < -0.39 is 177 Å². The summed E-state index contributed by atoms with van der Waals surface area (Å²) in [6.45, 7) is -6.93. The number of hydrogen-bond donors (Lipinski definition) is 0. The Bertz CT molecular complexity index is 2140. The van der Waals surface area contributed by atoms with Crippen LogP contribution >= 0.6 is 24.4 Å². The SMILES string of the molecule is FC(F)(F)C(F)(F)C(F)(F)C(F)(F)CCn1c([S-])c([S-])n(CCC(F)(F)C(F)(F)C(F)(F)C(F)(F)F)c1=S.FC(F)(F)C(F)(F)C(F)(F)C(F)(F)CCn1c([S-])c([S-])n(CCC(F)(F)C(F)(F)C(F)(F)C(F)(F)F)c1=S.[Pt+4]. The zero-order chi connectivity index (χ0) is 61.4. The Hall–Kier alpha value is -2.09. The van der Waals surface area contributed by atoms with Crippen LogP contribution in [0.3, 0.4) is 0 Å². The van der Waals surface area contributed by atoms with Crippen molar-refractivity contribution in [3.05, 3.63) is 9.54 Å². The van der Waals surface area contributed by atoms with Crippen LogP contribution in [-0.4, -0.2) is 114 Å². The van der Waals surface area contributed by atoms with Crippen LogP contribution in [0.1, 0.15) is 25.7 Å². The fourth-order valence-electron chi connectivity index (χ4n) is 5.16. The molecule has 0 saturated carbocycles. The van der Waals surface area contributed by atoms with E-state index in [9.17, 15) is 158 Å². The van der Waals surface area contributed by atoms with Gasteiger partial charge in [-0.25, -0.2) is 0 Å². The second kappa shape index (κ2) is 22.6. The van der Waals surface area contributed by atoms with Gasteiger partial charge >= 0.3 is 117 Å². The smallest absolute Gasteiger partial charge is 0.762 e. The molecule has 0 saturated heterocycles. The molecule has 0 aliphatic carbocycles. The minimum absolute atomic E-state index is 0. The number of rotatable bonds is 20. The molecule has 0 spiro atoms. The molecular formula is C30H16F36N4PtS6. The van der Waals surface area contributed by atoms with E-state index in [2.05, 4.69) is 75.0 Å². The molecule has 0 unspecified atom stereocenters. The molecule has 0 aliphatic heterocycles. The number of halogens is 36. The van der Waals surface area contributed by atoms with Gasteiger partial charge in [-0.05, 0) is 24.4 Å². The van der Waals surface area contributed by atoms with Crippen LogP contribution in [0.25, 0.3) is 0 Å². The van der Waals surface area contributed by atoms with Crippen molar-refractivity contribution in [1.29, 1.82) is 0 Å². The second-order valence-electron chi connectivity index (χ2n) is 14.8.